The predicted molar refractivity (Wildman–Crippen MR) is 86.2 cm³/mol. The second-order valence-electron chi connectivity index (χ2n) is 6.06. The Morgan fingerprint density at radius 2 is 1.91 bits per heavy atom. The van der Waals surface area contributed by atoms with E-state index < -0.39 is 24.2 Å². The van der Waals surface area contributed by atoms with Crippen molar-refractivity contribution in [1.82, 2.24) is 9.80 Å². The molecule has 2 amide bonds. The molecule has 0 atom stereocenters. The Kier molecular flexibility index (Phi) is 6.56. The van der Waals surface area contributed by atoms with Gasteiger partial charge in [0.1, 0.15) is 18.7 Å². The van der Waals surface area contributed by atoms with Gasteiger partial charge in [0.05, 0.1) is 6.54 Å². The van der Waals surface area contributed by atoms with E-state index in [0.717, 1.165) is 9.78 Å². The summed E-state index contributed by atoms with van der Waals surface area (Å²) in [6.07, 6.45) is -0.822. The van der Waals surface area contributed by atoms with Crippen molar-refractivity contribution < 1.29 is 24.2 Å². The number of hydrogen-bond donors (Lipinski definition) is 1. The number of carboxylic acid groups (broad SMARTS) is 1. The molecule has 0 aromatic carbocycles. The summed E-state index contributed by atoms with van der Waals surface area (Å²) in [6, 6.07) is 3.78. The minimum absolute atomic E-state index is 0.344. The monoisotopic (exact) mass is 342 g/mol. The van der Waals surface area contributed by atoms with Crippen molar-refractivity contribution in [3.05, 3.63) is 22.4 Å². The van der Waals surface area contributed by atoms with Crippen LogP contribution in [0.2, 0.25) is 0 Å². The highest BCUT2D eigenvalue weighted by Crippen LogP contribution is 2.12. The van der Waals surface area contributed by atoms with Gasteiger partial charge in [0.25, 0.3) is 0 Å². The number of carbonyl (C=O) groups excluding carboxylic acids is 2. The molecule has 0 saturated heterocycles. The zero-order valence-corrected chi connectivity index (χ0v) is 14.6. The van der Waals surface area contributed by atoms with Gasteiger partial charge < -0.3 is 14.7 Å². The van der Waals surface area contributed by atoms with E-state index in [1.165, 1.54) is 16.2 Å². The fraction of sp³-hybridized carbons (Fsp3) is 0.533. The number of ether oxygens (including phenoxy) is 1. The van der Waals surface area contributed by atoms with Gasteiger partial charge in [-0.05, 0) is 32.2 Å². The summed E-state index contributed by atoms with van der Waals surface area (Å²) in [6.45, 7) is 4.50. The van der Waals surface area contributed by atoms with Gasteiger partial charge in [0, 0.05) is 11.9 Å². The van der Waals surface area contributed by atoms with E-state index in [2.05, 4.69) is 0 Å². The third-order valence-electron chi connectivity index (χ3n) is 2.70. The number of carboxylic acids is 1. The number of nitrogens with zero attached hydrogens (tertiary/aromatic N) is 2. The van der Waals surface area contributed by atoms with E-state index in [1.54, 1.807) is 27.8 Å². The van der Waals surface area contributed by atoms with Crippen LogP contribution in [0, 0.1) is 0 Å². The van der Waals surface area contributed by atoms with Crippen molar-refractivity contribution in [1.29, 1.82) is 0 Å². The zero-order valence-electron chi connectivity index (χ0n) is 13.7. The lowest BCUT2D eigenvalue weighted by molar-refractivity contribution is -0.139. The van der Waals surface area contributed by atoms with E-state index in [9.17, 15) is 14.4 Å². The number of amides is 2. The molecule has 1 rings (SSSR count). The van der Waals surface area contributed by atoms with Crippen LogP contribution in [0.25, 0.3) is 0 Å². The Hall–Kier alpha value is -2.09. The molecule has 0 unspecified atom stereocenters. The smallest absolute Gasteiger partial charge is 0.411 e. The summed E-state index contributed by atoms with van der Waals surface area (Å²) in [5.74, 6) is -1.56. The van der Waals surface area contributed by atoms with Crippen molar-refractivity contribution in [2.45, 2.75) is 32.9 Å². The second kappa shape index (κ2) is 7.96. The van der Waals surface area contributed by atoms with Crippen LogP contribution in [-0.4, -0.2) is 58.6 Å². The molecular weight excluding hydrogens is 320 g/mol. The maximum atomic E-state index is 12.2. The first-order valence-electron chi connectivity index (χ1n) is 7.04. The van der Waals surface area contributed by atoms with Crippen LogP contribution in [0.1, 0.15) is 25.6 Å². The van der Waals surface area contributed by atoms with Crippen LogP contribution in [0.15, 0.2) is 17.5 Å². The summed E-state index contributed by atoms with van der Waals surface area (Å²) in [5.41, 5.74) is -0.764. The molecule has 0 aliphatic rings. The Bertz CT molecular complexity index is 551. The Balaban J connectivity index is 2.69. The molecule has 8 heteroatoms. The lowest BCUT2D eigenvalue weighted by atomic mass is 10.2. The molecule has 0 radical (unpaired) electrons. The van der Waals surface area contributed by atoms with Crippen molar-refractivity contribution in [2.75, 3.05) is 20.1 Å². The highest BCUT2D eigenvalue weighted by molar-refractivity contribution is 7.09. The molecule has 23 heavy (non-hydrogen) atoms. The number of thiophene rings is 1. The van der Waals surface area contributed by atoms with Crippen LogP contribution >= 0.6 is 11.3 Å². The predicted octanol–water partition coefficient (Wildman–Crippen LogP) is 2.03. The number of carbonyl (C=O) groups is 3. The minimum Gasteiger partial charge on any atom is -0.480 e. The van der Waals surface area contributed by atoms with Gasteiger partial charge in [0.15, 0.2) is 0 Å². The first-order valence-corrected chi connectivity index (χ1v) is 7.92. The minimum atomic E-state index is -1.20. The van der Waals surface area contributed by atoms with Gasteiger partial charge in [-0.25, -0.2) is 4.79 Å². The Morgan fingerprint density at radius 3 is 2.39 bits per heavy atom. The molecule has 1 aromatic rings. The first kappa shape index (κ1) is 19.0. The topological polar surface area (TPSA) is 87.2 Å². The molecule has 0 aliphatic carbocycles. The van der Waals surface area contributed by atoms with Gasteiger partial charge in [-0.3, -0.25) is 14.5 Å². The normalized spacial score (nSPS) is 11.0. The lowest BCUT2D eigenvalue weighted by Crippen LogP contribution is -2.45. The maximum absolute atomic E-state index is 12.2. The van der Waals surface area contributed by atoms with Gasteiger partial charge in [-0.2, -0.15) is 0 Å². The highest BCUT2D eigenvalue weighted by Gasteiger charge is 2.26. The molecule has 128 valence electrons. The molecule has 0 bridgehead atoms. The van der Waals surface area contributed by atoms with Crippen molar-refractivity contribution in [3.63, 3.8) is 0 Å². The van der Waals surface area contributed by atoms with E-state index in [0.29, 0.717) is 6.54 Å². The van der Waals surface area contributed by atoms with E-state index >= 15 is 0 Å². The molecule has 0 fully saturated rings. The van der Waals surface area contributed by atoms with Gasteiger partial charge >= 0.3 is 12.1 Å². The van der Waals surface area contributed by atoms with Crippen molar-refractivity contribution >= 4 is 29.3 Å². The third-order valence-corrected chi connectivity index (χ3v) is 3.56. The molecule has 0 aliphatic heterocycles. The maximum Gasteiger partial charge on any atom is 0.411 e. The Morgan fingerprint density at radius 1 is 1.26 bits per heavy atom. The standard InChI is InChI=1S/C15H22N2O5S/c1-15(2,3)22-14(21)17(10-13(19)20)9-12(18)16(4)8-11-6-5-7-23-11/h5-7H,8-10H2,1-4H3,(H,19,20). The fourth-order valence-electron chi connectivity index (χ4n) is 1.68. The summed E-state index contributed by atoms with van der Waals surface area (Å²) >= 11 is 1.52. The average Bonchev–Trinajstić information content (AvgIpc) is 2.88. The number of aliphatic carboxylic acids is 1. The summed E-state index contributed by atoms with van der Waals surface area (Å²) in [5, 5.41) is 10.8. The fourth-order valence-corrected chi connectivity index (χ4v) is 2.44. The summed E-state index contributed by atoms with van der Waals surface area (Å²) in [7, 11) is 1.61. The average molecular weight is 342 g/mol. The van der Waals surface area contributed by atoms with Crippen LogP contribution < -0.4 is 0 Å². The highest BCUT2D eigenvalue weighted by atomic mass is 32.1. The molecular formula is C15H22N2O5S. The molecule has 1 aromatic heterocycles. The summed E-state index contributed by atoms with van der Waals surface area (Å²) < 4.78 is 5.14. The number of hydrogen-bond acceptors (Lipinski definition) is 5. The van der Waals surface area contributed by atoms with Crippen LogP contribution in [0.3, 0.4) is 0 Å². The number of likely N-dealkylation sites (N-methyl/N-ethyl adjacent to an activating group) is 1. The molecule has 0 saturated carbocycles. The molecule has 0 spiro atoms. The van der Waals surface area contributed by atoms with E-state index in [-0.39, 0.29) is 12.5 Å². The van der Waals surface area contributed by atoms with Gasteiger partial charge in [-0.1, -0.05) is 6.07 Å². The van der Waals surface area contributed by atoms with E-state index in [1.807, 2.05) is 17.5 Å². The molecule has 1 heterocycles. The number of rotatable bonds is 6. The SMILES string of the molecule is CN(Cc1cccs1)C(=O)CN(CC(=O)O)C(=O)OC(C)(C)C. The largest absolute Gasteiger partial charge is 0.480 e. The van der Waals surface area contributed by atoms with Gasteiger partial charge in [-0.15, -0.1) is 11.3 Å². The molecule has 7 nitrogen and oxygen atoms in total. The van der Waals surface area contributed by atoms with Crippen LogP contribution in [-0.2, 0) is 20.9 Å². The quantitative estimate of drug-likeness (QED) is 0.855. The zero-order chi connectivity index (χ0) is 17.6. The third kappa shape index (κ3) is 7.14. The van der Waals surface area contributed by atoms with E-state index in [4.69, 9.17) is 9.84 Å². The van der Waals surface area contributed by atoms with Crippen molar-refractivity contribution in [3.8, 4) is 0 Å². The van der Waals surface area contributed by atoms with Gasteiger partial charge in [0.2, 0.25) is 5.91 Å². The van der Waals surface area contributed by atoms with Crippen LogP contribution in [0.4, 0.5) is 4.79 Å². The summed E-state index contributed by atoms with van der Waals surface area (Å²) in [4.78, 5) is 38.5. The Labute approximate surface area is 139 Å². The lowest BCUT2D eigenvalue weighted by Gasteiger charge is -2.27. The molecule has 1 N–H and O–H groups in total. The first-order chi connectivity index (χ1) is 10.6. The second-order valence-corrected chi connectivity index (χ2v) is 7.09. The van der Waals surface area contributed by atoms with Crippen LogP contribution in [0.5, 0.6) is 0 Å². The van der Waals surface area contributed by atoms with Crippen molar-refractivity contribution in [2.24, 2.45) is 0 Å².